The molecule has 1 fully saturated rings. The topological polar surface area (TPSA) is 77.8 Å². The lowest BCUT2D eigenvalue weighted by Gasteiger charge is -2.16. The molecule has 1 heterocycles. The molecule has 2 atom stereocenters. The number of alkyl halides is 1. The first-order chi connectivity index (χ1) is 5.52. The number of carbonyl (C=O) groups is 2. The highest BCUT2D eigenvalue weighted by Gasteiger charge is 2.38. The molecule has 0 aromatic heterocycles. The van der Waals surface area contributed by atoms with E-state index in [0.29, 0.717) is 6.42 Å². The largest absolute Gasteiger partial charge is 0.480 e. The summed E-state index contributed by atoms with van der Waals surface area (Å²) in [4.78, 5) is 21.9. The van der Waals surface area contributed by atoms with Crippen molar-refractivity contribution in [1.82, 2.24) is 4.90 Å². The van der Waals surface area contributed by atoms with Crippen LogP contribution in [0.1, 0.15) is 6.42 Å². The lowest BCUT2D eigenvalue weighted by molar-refractivity contribution is -0.141. The van der Waals surface area contributed by atoms with Gasteiger partial charge in [0.1, 0.15) is 6.04 Å². The first kappa shape index (κ1) is 9.31. The predicted molar refractivity (Wildman–Crippen MR) is 43.5 cm³/mol. The number of likely N-dealkylation sites (tertiary alicyclic amines) is 1. The molecule has 0 bridgehead atoms. The molecule has 1 amide bonds. The van der Waals surface area contributed by atoms with Gasteiger partial charge in [0.2, 0.25) is 0 Å². The van der Waals surface area contributed by atoms with Crippen LogP contribution in [-0.4, -0.2) is 44.6 Å². The molecule has 0 saturated carbocycles. The SMILES string of the molecule is O=C(O)C1CC(Br)CN1C(=O)O. The fraction of sp³-hybridized carbons (Fsp3) is 0.667. The van der Waals surface area contributed by atoms with Crippen LogP contribution in [0.4, 0.5) is 4.79 Å². The van der Waals surface area contributed by atoms with Crippen molar-refractivity contribution < 1.29 is 19.8 Å². The van der Waals surface area contributed by atoms with Crippen LogP contribution in [0.5, 0.6) is 0 Å². The van der Waals surface area contributed by atoms with Crippen molar-refractivity contribution in [1.29, 1.82) is 0 Å². The molecule has 1 aliphatic rings. The quantitative estimate of drug-likeness (QED) is 0.655. The normalized spacial score (nSPS) is 28.9. The number of aliphatic carboxylic acids is 1. The summed E-state index contributed by atoms with van der Waals surface area (Å²) in [5.41, 5.74) is 0. The summed E-state index contributed by atoms with van der Waals surface area (Å²) in [5.74, 6) is -1.08. The van der Waals surface area contributed by atoms with Gasteiger partial charge in [-0.1, -0.05) is 15.9 Å². The first-order valence-corrected chi connectivity index (χ1v) is 4.30. The Morgan fingerprint density at radius 3 is 2.33 bits per heavy atom. The number of rotatable bonds is 1. The number of nitrogens with zero attached hydrogens (tertiary/aromatic N) is 1. The smallest absolute Gasteiger partial charge is 0.408 e. The minimum Gasteiger partial charge on any atom is -0.480 e. The van der Waals surface area contributed by atoms with Crippen LogP contribution >= 0.6 is 15.9 Å². The van der Waals surface area contributed by atoms with E-state index in [1.165, 1.54) is 0 Å². The standard InChI is InChI=1S/C6H8BrNO4/c7-3-1-4(5(9)10)8(2-3)6(11)12/h3-4H,1-2H2,(H,9,10)(H,11,12). The van der Waals surface area contributed by atoms with Gasteiger partial charge in [0.05, 0.1) is 0 Å². The Kier molecular flexibility index (Phi) is 2.56. The molecule has 5 nitrogen and oxygen atoms in total. The number of hydrogen-bond acceptors (Lipinski definition) is 2. The number of hydrogen-bond donors (Lipinski definition) is 2. The molecule has 2 unspecified atom stereocenters. The molecule has 2 N–H and O–H groups in total. The van der Waals surface area contributed by atoms with Crippen LogP contribution in [0, 0.1) is 0 Å². The summed E-state index contributed by atoms with van der Waals surface area (Å²) >= 11 is 3.19. The van der Waals surface area contributed by atoms with Gasteiger partial charge < -0.3 is 10.2 Å². The van der Waals surface area contributed by atoms with Crippen molar-refractivity contribution in [2.75, 3.05) is 6.54 Å². The van der Waals surface area contributed by atoms with Crippen LogP contribution in [0.15, 0.2) is 0 Å². The maximum Gasteiger partial charge on any atom is 0.408 e. The first-order valence-electron chi connectivity index (χ1n) is 3.39. The van der Waals surface area contributed by atoms with E-state index in [0.717, 1.165) is 4.90 Å². The Balaban J connectivity index is 2.72. The van der Waals surface area contributed by atoms with Gasteiger partial charge in [0.25, 0.3) is 0 Å². The second kappa shape index (κ2) is 3.30. The molecule has 0 aromatic rings. The minimum absolute atomic E-state index is 0.0466. The zero-order valence-corrected chi connectivity index (χ0v) is 7.69. The molecule has 12 heavy (non-hydrogen) atoms. The third-order valence-electron chi connectivity index (χ3n) is 1.78. The van der Waals surface area contributed by atoms with E-state index >= 15 is 0 Å². The van der Waals surface area contributed by atoms with E-state index < -0.39 is 18.1 Å². The van der Waals surface area contributed by atoms with Gasteiger partial charge in [0.15, 0.2) is 0 Å². The number of halogens is 1. The molecule has 0 radical (unpaired) electrons. The second-order valence-corrected chi connectivity index (χ2v) is 3.92. The Morgan fingerprint density at radius 2 is 2.00 bits per heavy atom. The maximum atomic E-state index is 10.5. The van der Waals surface area contributed by atoms with Crippen molar-refractivity contribution in [3.05, 3.63) is 0 Å². The van der Waals surface area contributed by atoms with Crippen molar-refractivity contribution in [2.45, 2.75) is 17.3 Å². The van der Waals surface area contributed by atoms with Gasteiger partial charge in [-0.05, 0) is 6.42 Å². The van der Waals surface area contributed by atoms with Gasteiger partial charge in [-0.2, -0.15) is 0 Å². The molecular weight excluding hydrogens is 230 g/mol. The van der Waals surface area contributed by atoms with E-state index in [9.17, 15) is 9.59 Å². The summed E-state index contributed by atoms with van der Waals surface area (Å²) < 4.78 is 0. The lowest BCUT2D eigenvalue weighted by Crippen LogP contribution is -2.39. The lowest BCUT2D eigenvalue weighted by atomic mass is 10.2. The van der Waals surface area contributed by atoms with E-state index in [-0.39, 0.29) is 11.4 Å². The predicted octanol–water partition coefficient (Wildman–Crippen LogP) is 0.587. The van der Waals surface area contributed by atoms with E-state index in [2.05, 4.69) is 15.9 Å². The molecule has 68 valence electrons. The van der Waals surface area contributed by atoms with Crippen molar-refractivity contribution in [3.63, 3.8) is 0 Å². The van der Waals surface area contributed by atoms with Gasteiger partial charge in [-0.3, -0.25) is 4.90 Å². The minimum atomic E-state index is -1.18. The van der Waals surface area contributed by atoms with Crippen LogP contribution < -0.4 is 0 Å². The van der Waals surface area contributed by atoms with E-state index in [4.69, 9.17) is 10.2 Å². The second-order valence-electron chi connectivity index (χ2n) is 2.62. The molecule has 0 aromatic carbocycles. The zero-order chi connectivity index (χ0) is 9.30. The summed E-state index contributed by atoms with van der Waals surface area (Å²) in [6.07, 6.45) is -0.842. The van der Waals surface area contributed by atoms with E-state index in [1.54, 1.807) is 0 Å². The summed E-state index contributed by atoms with van der Waals surface area (Å²) in [6, 6.07) is -0.896. The number of amides is 1. The van der Waals surface area contributed by atoms with Crippen LogP contribution in [0.25, 0.3) is 0 Å². The molecule has 6 heteroatoms. The summed E-state index contributed by atoms with van der Waals surface area (Å²) in [5, 5.41) is 17.2. The zero-order valence-electron chi connectivity index (χ0n) is 6.11. The van der Waals surface area contributed by atoms with Crippen LogP contribution in [0.2, 0.25) is 0 Å². The summed E-state index contributed by atoms with van der Waals surface area (Å²) in [6.45, 7) is 0.242. The molecular formula is C6H8BrNO4. The molecule has 1 saturated heterocycles. The van der Waals surface area contributed by atoms with Gasteiger partial charge in [0, 0.05) is 11.4 Å². The monoisotopic (exact) mass is 237 g/mol. The Labute approximate surface area is 77.1 Å². The third-order valence-corrected chi connectivity index (χ3v) is 2.44. The van der Waals surface area contributed by atoms with Gasteiger partial charge in [-0.25, -0.2) is 9.59 Å². The molecule has 0 spiro atoms. The molecule has 1 rings (SSSR count). The Hall–Kier alpha value is -0.780. The highest BCUT2D eigenvalue weighted by atomic mass is 79.9. The molecule has 1 aliphatic heterocycles. The number of carboxylic acid groups (broad SMARTS) is 2. The average molecular weight is 238 g/mol. The highest BCUT2D eigenvalue weighted by Crippen LogP contribution is 2.23. The van der Waals surface area contributed by atoms with Crippen LogP contribution in [-0.2, 0) is 4.79 Å². The van der Waals surface area contributed by atoms with Crippen LogP contribution in [0.3, 0.4) is 0 Å². The van der Waals surface area contributed by atoms with Crippen molar-refractivity contribution in [3.8, 4) is 0 Å². The Bertz CT molecular complexity index is 198. The van der Waals surface area contributed by atoms with E-state index in [1.807, 2.05) is 0 Å². The highest BCUT2D eigenvalue weighted by molar-refractivity contribution is 9.09. The maximum absolute atomic E-state index is 10.5. The fourth-order valence-electron chi connectivity index (χ4n) is 1.23. The van der Waals surface area contributed by atoms with Crippen molar-refractivity contribution >= 4 is 28.0 Å². The van der Waals surface area contributed by atoms with Crippen molar-refractivity contribution in [2.24, 2.45) is 0 Å². The molecule has 0 aliphatic carbocycles. The van der Waals surface area contributed by atoms with Gasteiger partial charge in [-0.15, -0.1) is 0 Å². The number of carboxylic acids is 1. The third kappa shape index (κ3) is 1.69. The Morgan fingerprint density at radius 1 is 1.42 bits per heavy atom. The fourth-order valence-corrected chi connectivity index (χ4v) is 1.90. The summed E-state index contributed by atoms with van der Waals surface area (Å²) in [7, 11) is 0. The average Bonchev–Trinajstić information content (AvgIpc) is 2.31. The van der Waals surface area contributed by atoms with Gasteiger partial charge >= 0.3 is 12.1 Å².